The highest BCUT2D eigenvalue weighted by Gasteiger charge is 2.12. The third-order valence-corrected chi connectivity index (χ3v) is 5.30. The summed E-state index contributed by atoms with van der Waals surface area (Å²) in [6.07, 6.45) is 1.24. The lowest BCUT2D eigenvalue weighted by molar-refractivity contribution is 0.0526. The van der Waals surface area contributed by atoms with Crippen LogP contribution >= 0.6 is 23.2 Å². The van der Waals surface area contributed by atoms with Crippen LogP contribution in [0, 0.1) is 0 Å². The fourth-order valence-electron chi connectivity index (χ4n) is 3.05. The van der Waals surface area contributed by atoms with E-state index < -0.39 is 5.97 Å². The molecule has 3 aromatic carbocycles. The van der Waals surface area contributed by atoms with Gasteiger partial charge in [-0.05, 0) is 55.5 Å². The van der Waals surface area contributed by atoms with Gasteiger partial charge in [0.15, 0.2) is 0 Å². The molecule has 0 aliphatic carbocycles. The number of ether oxygens (including phenoxy) is 3. The number of carbonyl (C=O) groups is 1. The molecule has 0 atom stereocenters. The summed E-state index contributed by atoms with van der Waals surface area (Å²) in [6.45, 7) is 2.25. The molecule has 0 bridgehead atoms. The van der Waals surface area contributed by atoms with Crippen LogP contribution in [0.25, 0.3) is 11.0 Å². The number of hydrogen-bond acceptors (Lipinski definition) is 6. The van der Waals surface area contributed by atoms with Gasteiger partial charge < -0.3 is 18.6 Å². The van der Waals surface area contributed by atoms with E-state index in [1.165, 1.54) is 6.26 Å². The van der Waals surface area contributed by atoms with Crippen molar-refractivity contribution in [2.45, 2.75) is 13.5 Å². The van der Waals surface area contributed by atoms with Crippen LogP contribution in [-0.4, -0.2) is 12.6 Å². The van der Waals surface area contributed by atoms with Gasteiger partial charge in [0.05, 0.1) is 17.6 Å². The van der Waals surface area contributed by atoms with E-state index >= 15 is 0 Å². The first-order chi connectivity index (χ1) is 15.9. The second-order valence-corrected chi connectivity index (χ2v) is 7.80. The number of esters is 1. The Morgan fingerprint density at radius 2 is 1.73 bits per heavy atom. The molecule has 168 valence electrons. The summed E-state index contributed by atoms with van der Waals surface area (Å²) in [5.74, 6) is 0.494. The summed E-state index contributed by atoms with van der Waals surface area (Å²) in [5, 5.41) is 1.39. The van der Waals surface area contributed by atoms with Crippen molar-refractivity contribution in [1.82, 2.24) is 0 Å². The molecular formula is C25H18Cl2O6. The Morgan fingerprint density at radius 1 is 0.970 bits per heavy atom. The van der Waals surface area contributed by atoms with Crippen LogP contribution in [0.15, 0.2) is 76.1 Å². The van der Waals surface area contributed by atoms with Crippen LogP contribution in [0.1, 0.15) is 22.8 Å². The summed E-state index contributed by atoms with van der Waals surface area (Å²) < 4.78 is 22.0. The number of halogens is 2. The van der Waals surface area contributed by atoms with Gasteiger partial charge in [-0.2, -0.15) is 0 Å². The van der Waals surface area contributed by atoms with Crippen LogP contribution in [0.3, 0.4) is 0 Å². The zero-order valence-electron chi connectivity index (χ0n) is 17.5. The summed E-state index contributed by atoms with van der Waals surface area (Å²) >= 11 is 12.1. The van der Waals surface area contributed by atoms with Crippen molar-refractivity contribution in [2.75, 3.05) is 6.61 Å². The van der Waals surface area contributed by atoms with E-state index in [0.717, 1.165) is 5.56 Å². The molecule has 0 aliphatic heterocycles. The lowest BCUT2D eigenvalue weighted by atomic mass is 10.2. The van der Waals surface area contributed by atoms with Gasteiger partial charge in [-0.1, -0.05) is 29.3 Å². The monoisotopic (exact) mass is 484 g/mol. The molecule has 0 radical (unpaired) electrons. The second-order valence-electron chi connectivity index (χ2n) is 6.96. The van der Waals surface area contributed by atoms with Crippen molar-refractivity contribution in [2.24, 2.45) is 0 Å². The number of fused-ring (bicyclic) bond motifs is 1. The molecule has 1 heterocycles. The number of hydrogen-bond donors (Lipinski definition) is 0. The van der Waals surface area contributed by atoms with Crippen LogP contribution in [0.2, 0.25) is 10.0 Å². The van der Waals surface area contributed by atoms with Gasteiger partial charge >= 0.3 is 5.97 Å². The minimum absolute atomic E-state index is 0.0213. The standard InChI is InChI=1S/C25H18Cl2O6/c1-2-30-25(29)15-4-7-18(8-5-15)33-23-14-32-22-12-19(9-10-20(22)24(23)28)31-13-16-3-6-17(26)11-21(16)27/h3-12,14H,2,13H2,1H3. The maximum atomic E-state index is 12.8. The van der Waals surface area contributed by atoms with Crippen molar-refractivity contribution in [3.8, 4) is 17.2 Å². The zero-order valence-corrected chi connectivity index (χ0v) is 19.0. The minimum atomic E-state index is -0.425. The quantitative estimate of drug-likeness (QED) is 0.273. The average molecular weight is 485 g/mol. The predicted molar refractivity (Wildman–Crippen MR) is 126 cm³/mol. The molecule has 1 aromatic heterocycles. The van der Waals surface area contributed by atoms with Crippen LogP contribution in [-0.2, 0) is 11.3 Å². The fourth-order valence-corrected chi connectivity index (χ4v) is 3.51. The Balaban J connectivity index is 1.49. The molecule has 6 nitrogen and oxygen atoms in total. The van der Waals surface area contributed by atoms with Crippen molar-refractivity contribution >= 4 is 40.1 Å². The molecule has 4 aromatic rings. The third-order valence-electron chi connectivity index (χ3n) is 4.72. The van der Waals surface area contributed by atoms with Crippen molar-refractivity contribution in [1.29, 1.82) is 0 Å². The molecule has 0 aliphatic rings. The normalized spacial score (nSPS) is 10.8. The van der Waals surface area contributed by atoms with Gasteiger partial charge in [-0.15, -0.1) is 0 Å². The summed E-state index contributed by atoms with van der Waals surface area (Å²) in [5.41, 5.74) is 1.19. The summed E-state index contributed by atoms with van der Waals surface area (Å²) in [6, 6.07) is 16.3. The molecule has 0 unspecified atom stereocenters. The van der Waals surface area contributed by atoms with E-state index in [9.17, 15) is 9.59 Å². The van der Waals surface area contributed by atoms with E-state index in [1.54, 1.807) is 67.6 Å². The minimum Gasteiger partial charge on any atom is -0.489 e. The molecule has 0 N–H and O–H groups in total. The van der Waals surface area contributed by atoms with Gasteiger partial charge in [0.2, 0.25) is 11.2 Å². The third kappa shape index (κ3) is 5.30. The first-order valence-electron chi connectivity index (χ1n) is 10.0. The van der Waals surface area contributed by atoms with Crippen molar-refractivity contribution < 1.29 is 23.4 Å². The Kier molecular flexibility index (Phi) is 6.87. The predicted octanol–water partition coefficient (Wildman–Crippen LogP) is 6.65. The van der Waals surface area contributed by atoms with E-state index in [-0.39, 0.29) is 24.4 Å². The molecular weight excluding hydrogens is 467 g/mol. The first-order valence-corrected chi connectivity index (χ1v) is 10.8. The van der Waals surface area contributed by atoms with Crippen LogP contribution < -0.4 is 14.9 Å². The topological polar surface area (TPSA) is 75.0 Å². The molecule has 8 heteroatoms. The molecule has 0 amide bonds. The highest BCUT2D eigenvalue weighted by atomic mass is 35.5. The smallest absolute Gasteiger partial charge is 0.338 e. The van der Waals surface area contributed by atoms with Gasteiger partial charge in [0.1, 0.15) is 30.0 Å². The van der Waals surface area contributed by atoms with Gasteiger partial charge in [0.25, 0.3) is 0 Å². The first kappa shape index (κ1) is 22.7. The van der Waals surface area contributed by atoms with E-state index in [0.29, 0.717) is 38.1 Å². The van der Waals surface area contributed by atoms with Crippen molar-refractivity contribution in [3.63, 3.8) is 0 Å². The average Bonchev–Trinajstić information content (AvgIpc) is 2.81. The summed E-state index contributed by atoms with van der Waals surface area (Å²) in [4.78, 5) is 24.6. The highest BCUT2D eigenvalue weighted by Crippen LogP contribution is 2.26. The van der Waals surface area contributed by atoms with E-state index in [1.807, 2.05) is 0 Å². The summed E-state index contributed by atoms with van der Waals surface area (Å²) in [7, 11) is 0. The maximum Gasteiger partial charge on any atom is 0.338 e. The largest absolute Gasteiger partial charge is 0.489 e. The lowest BCUT2D eigenvalue weighted by Crippen LogP contribution is -2.06. The van der Waals surface area contributed by atoms with Crippen LogP contribution in [0.5, 0.6) is 17.2 Å². The molecule has 0 saturated heterocycles. The number of carbonyl (C=O) groups excluding carboxylic acids is 1. The zero-order chi connectivity index (χ0) is 23.4. The Morgan fingerprint density at radius 3 is 2.45 bits per heavy atom. The lowest BCUT2D eigenvalue weighted by Gasteiger charge is -2.09. The number of rotatable bonds is 7. The second kappa shape index (κ2) is 9.98. The van der Waals surface area contributed by atoms with Gasteiger partial charge in [-0.3, -0.25) is 4.79 Å². The molecule has 4 rings (SSSR count). The van der Waals surface area contributed by atoms with E-state index in [4.69, 9.17) is 41.8 Å². The van der Waals surface area contributed by atoms with Crippen LogP contribution in [0.4, 0.5) is 0 Å². The molecule has 0 fully saturated rings. The Bertz CT molecular complexity index is 1360. The fraction of sp³-hybridized carbons (Fsp3) is 0.120. The SMILES string of the molecule is CCOC(=O)c1ccc(Oc2coc3cc(OCc4ccc(Cl)cc4Cl)ccc3c2=O)cc1. The van der Waals surface area contributed by atoms with Crippen molar-refractivity contribution in [3.05, 3.63) is 98.3 Å². The van der Waals surface area contributed by atoms with Gasteiger partial charge in [-0.25, -0.2) is 4.79 Å². The Hall–Kier alpha value is -3.48. The van der Waals surface area contributed by atoms with E-state index in [2.05, 4.69) is 0 Å². The maximum absolute atomic E-state index is 12.8. The Labute approximate surface area is 199 Å². The molecule has 0 saturated carbocycles. The molecule has 0 spiro atoms. The van der Waals surface area contributed by atoms with Gasteiger partial charge in [0, 0.05) is 21.7 Å². The molecule has 33 heavy (non-hydrogen) atoms. The number of benzene rings is 3. The highest BCUT2D eigenvalue weighted by molar-refractivity contribution is 6.35.